The minimum atomic E-state index is -0.353. The summed E-state index contributed by atoms with van der Waals surface area (Å²) in [5, 5.41) is 0.680. The topological polar surface area (TPSA) is 38.8 Å². The lowest BCUT2D eigenvalue weighted by molar-refractivity contribution is -0.0218. The summed E-state index contributed by atoms with van der Waals surface area (Å²) < 4.78 is 11.1. The first-order chi connectivity index (χ1) is 10.7. The van der Waals surface area contributed by atoms with Gasteiger partial charge >= 0.3 is 6.09 Å². The minimum Gasteiger partial charge on any atom is -0.410 e. The van der Waals surface area contributed by atoms with Crippen LogP contribution in [0, 0.1) is 0 Å². The van der Waals surface area contributed by atoms with Crippen molar-refractivity contribution in [1.82, 2.24) is 4.90 Å². The highest BCUT2D eigenvalue weighted by molar-refractivity contribution is 6.30. The van der Waals surface area contributed by atoms with Gasteiger partial charge in [0.1, 0.15) is 11.9 Å². The van der Waals surface area contributed by atoms with Crippen LogP contribution in [0.1, 0.15) is 11.7 Å². The Hall–Kier alpha value is -2.04. The van der Waals surface area contributed by atoms with Crippen molar-refractivity contribution in [3.8, 4) is 5.75 Å². The summed E-state index contributed by atoms with van der Waals surface area (Å²) in [6, 6.07) is 16.5. The van der Waals surface area contributed by atoms with Gasteiger partial charge < -0.3 is 14.4 Å². The number of rotatable bonds is 2. The summed E-state index contributed by atoms with van der Waals surface area (Å²) in [6.45, 7) is 1.47. The fourth-order valence-corrected chi connectivity index (χ4v) is 2.47. The third-order valence-corrected chi connectivity index (χ3v) is 3.77. The van der Waals surface area contributed by atoms with Crippen molar-refractivity contribution < 1.29 is 14.3 Å². The van der Waals surface area contributed by atoms with E-state index in [-0.39, 0.29) is 12.2 Å². The molecule has 22 heavy (non-hydrogen) atoms. The highest BCUT2D eigenvalue weighted by Gasteiger charge is 2.26. The second kappa shape index (κ2) is 6.81. The van der Waals surface area contributed by atoms with Crippen molar-refractivity contribution in [3.05, 3.63) is 65.2 Å². The van der Waals surface area contributed by atoms with Crippen LogP contribution < -0.4 is 4.74 Å². The normalized spacial score (nSPS) is 18.0. The Kier molecular flexibility index (Phi) is 4.61. The zero-order chi connectivity index (χ0) is 15.4. The molecule has 0 N–H and O–H groups in total. The molecule has 2 aromatic carbocycles. The highest BCUT2D eigenvalue weighted by atomic mass is 35.5. The van der Waals surface area contributed by atoms with Crippen LogP contribution in [0.3, 0.4) is 0 Å². The van der Waals surface area contributed by atoms with Crippen molar-refractivity contribution in [2.75, 3.05) is 19.7 Å². The zero-order valence-electron chi connectivity index (χ0n) is 11.9. The third kappa shape index (κ3) is 3.59. The largest absolute Gasteiger partial charge is 0.415 e. The van der Waals surface area contributed by atoms with E-state index < -0.39 is 0 Å². The number of nitrogens with zero attached hydrogens (tertiary/aromatic N) is 1. The van der Waals surface area contributed by atoms with E-state index in [0.717, 1.165) is 5.56 Å². The maximum absolute atomic E-state index is 12.2. The lowest BCUT2D eigenvalue weighted by Crippen LogP contribution is -2.43. The highest BCUT2D eigenvalue weighted by Crippen LogP contribution is 2.24. The molecule has 1 saturated heterocycles. The molecule has 1 fully saturated rings. The van der Waals surface area contributed by atoms with E-state index >= 15 is 0 Å². The van der Waals surface area contributed by atoms with E-state index in [1.807, 2.05) is 42.5 Å². The van der Waals surface area contributed by atoms with Crippen LogP contribution in [0.15, 0.2) is 54.6 Å². The van der Waals surface area contributed by atoms with Gasteiger partial charge in [-0.3, -0.25) is 0 Å². The van der Waals surface area contributed by atoms with Crippen LogP contribution >= 0.6 is 11.6 Å². The number of carbonyl (C=O) groups is 1. The maximum atomic E-state index is 12.2. The molecule has 0 bridgehead atoms. The van der Waals surface area contributed by atoms with Crippen LogP contribution in [0.4, 0.5) is 4.79 Å². The number of amides is 1. The Labute approximate surface area is 134 Å². The molecule has 1 aliphatic heterocycles. The second-order valence-electron chi connectivity index (χ2n) is 5.04. The molecule has 3 rings (SSSR count). The van der Waals surface area contributed by atoms with Gasteiger partial charge in [-0.05, 0) is 29.8 Å². The van der Waals surface area contributed by atoms with Crippen molar-refractivity contribution in [2.24, 2.45) is 0 Å². The molecular weight excluding hydrogens is 302 g/mol. The van der Waals surface area contributed by atoms with Crippen LogP contribution in [-0.4, -0.2) is 30.7 Å². The average Bonchev–Trinajstić information content (AvgIpc) is 2.56. The van der Waals surface area contributed by atoms with Crippen LogP contribution in [0.2, 0.25) is 5.02 Å². The lowest BCUT2D eigenvalue weighted by atomic mass is 10.1. The van der Waals surface area contributed by atoms with E-state index in [1.54, 1.807) is 17.0 Å². The monoisotopic (exact) mass is 317 g/mol. The molecule has 1 atom stereocenters. The summed E-state index contributed by atoms with van der Waals surface area (Å²) in [5.74, 6) is 0.544. The van der Waals surface area contributed by atoms with Crippen molar-refractivity contribution >= 4 is 17.7 Å². The first-order valence-corrected chi connectivity index (χ1v) is 7.49. The smallest absolute Gasteiger partial charge is 0.410 e. The Bertz CT molecular complexity index is 630. The number of hydrogen-bond donors (Lipinski definition) is 0. The summed E-state index contributed by atoms with van der Waals surface area (Å²) in [7, 11) is 0. The van der Waals surface area contributed by atoms with Gasteiger partial charge in [0.25, 0.3) is 0 Å². The lowest BCUT2D eigenvalue weighted by Gasteiger charge is -2.32. The van der Waals surface area contributed by atoms with E-state index in [9.17, 15) is 4.79 Å². The molecule has 1 aliphatic rings. The molecule has 0 aromatic heterocycles. The fraction of sp³-hybridized carbons (Fsp3) is 0.235. The van der Waals surface area contributed by atoms with Gasteiger partial charge in [0.05, 0.1) is 13.2 Å². The molecule has 0 aliphatic carbocycles. The van der Waals surface area contributed by atoms with Gasteiger partial charge in [0.2, 0.25) is 0 Å². The Morgan fingerprint density at radius 3 is 2.59 bits per heavy atom. The molecule has 1 heterocycles. The average molecular weight is 318 g/mol. The van der Waals surface area contributed by atoms with Gasteiger partial charge in [-0.1, -0.05) is 41.9 Å². The standard InChI is InChI=1S/C17H16ClNO3/c18-14-8-6-13(7-9-14)16-12-19(10-11-21-16)17(20)22-15-4-2-1-3-5-15/h1-9,16H,10-12H2. The zero-order valence-corrected chi connectivity index (χ0v) is 12.7. The number of morpholine rings is 1. The Balaban J connectivity index is 1.65. The summed E-state index contributed by atoms with van der Waals surface area (Å²) in [6.07, 6.45) is -0.511. The van der Waals surface area contributed by atoms with Crippen LogP contribution in [0.25, 0.3) is 0 Å². The maximum Gasteiger partial charge on any atom is 0.415 e. The molecule has 4 nitrogen and oxygen atoms in total. The first-order valence-electron chi connectivity index (χ1n) is 7.11. The van der Waals surface area contributed by atoms with Gasteiger partial charge in [-0.25, -0.2) is 4.79 Å². The predicted octanol–water partition coefficient (Wildman–Crippen LogP) is 3.91. The number of benzene rings is 2. The molecule has 114 valence electrons. The molecule has 0 radical (unpaired) electrons. The van der Waals surface area contributed by atoms with Crippen molar-refractivity contribution in [3.63, 3.8) is 0 Å². The number of ether oxygens (including phenoxy) is 2. The predicted molar refractivity (Wildman–Crippen MR) is 84.2 cm³/mol. The number of hydrogen-bond acceptors (Lipinski definition) is 3. The van der Waals surface area contributed by atoms with E-state index in [4.69, 9.17) is 21.1 Å². The molecular formula is C17H16ClNO3. The molecule has 1 amide bonds. The van der Waals surface area contributed by atoms with Crippen LogP contribution in [-0.2, 0) is 4.74 Å². The minimum absolute atomic E-state index is 0.158. The van der Waals surface area contributed by atoms with Crippen molar-refractivity contribution in [1.29, 1.82) is 0 Å². The molecule has 1 unspecified atom stereocenters. The fourth-order valence-electron chi connectivity index (χ4n) is 2.35. The summed E-state index contributed by atoms with van der Waals surface area (Å²) in [4.78, 5) is 13.9. The molecule has 2 aromatic rings. The summed E-state index contributed by atoms with van der Waals surface area (Å²) >= 11 is 5.89. The van der Waals surface area contributed by atoms with E-state index in [0.29, 0.717) is 30.5 Å². The van der Waals surface area contributed by atoms with Crippen molar-refractivity contribution in [2.45, 2.75) is 6.10 Å². The van der Waals surface area contributed by atoms with E-state index in [1.165, 1.54) is 0 Å². The second-order valence-corrected chi connectivity index (χ2v) is 5.47. The molecule has 0 saturated carbocycles. The molecule has 5 heteroatoms. The Morgan fingerprint density at radius 1 is 1.14 bits per heavy atom. The quantitative estimate of drug-likeness (QED) is 0.843. The Morgan fingerprint density at radius 2 is 1.86 bits per heavy atom. The van der Waals surface area contributed by atoms with Gasteiger partial charge in [-0.15, -0.1) is 0 Å². The van der Waals surface area contributed by atoms with Crippen LogP contribution in [0.5, 0.6) is 5.75 Å². The van der Waals surface area contributed by atoms with Gasteiger partial charge in [-0.2, -0.15) is 0 Å². The number of carbonyl (C=O) groups excluding carboxylic acids is 1. The summed E-state index contributed by atoms with van der Waals surface area (Å²) in [5.41, 5.74) is 1.00. The SMILES string of the molecule is O=C(Oc1ccccc1)N1CCOC(c2ccc(Cl)cc2)C1. The van der Waals surface area contributed by atoms with Gasteiger partial charge in [0, 0.05) is 11.6 Å². The number of halogens is 1. The third-order valence-electron chi connectivity index (χ3n) is 3.51. The number of para-hydroxylation sites is 1. The van der Waals surface area contributed by atoms with Gasteiger partial charge in [0.15, 0.2) is 0 Å². The first kappa shape index (κ1) is 14.9. The molecule has 0 spiro atoms. The van der Waals surface area contributed by atoms with E-state index in [2.05, 4.69) is 0 Å².